The summed E-state index contributed by atoms with van der Waals surface area (Å²) in [4.78, 5) is 22.0. The first-order valence-corrected chi connectivity index (χ1v) is 4.08. The van der Waals surface area contributed by atoms with E-state index in [0.717, 1.165) is 4.47 Å². The summed E-state index contributed by atoms with van der Waals surface area (Å²) >= 11 is 3.21. The fourth-order valence-corrected chi connectivity index (χ4v) is 1.45. The van der Waals surface area contributed by atoms with Crippen molar-refractivity contribution in [3.05, 3.63) is 39.1 Å². The first-order chi connectivity index (χ1) is 5.68. The molecular formula is C8H3BrLiNO2. The topological polar surface area (TPSA) is 48.2 Å². The predicted octanol–water partition coefficient (Wildman–Crippen LogP) is -0.879. The molecule has 0 N–H and O–H groups in total. The van der Waals surface area contributed by atoms with Crippen molar-refractivity contribution in [1.29, 1.82) is 0 Å². The van der Waals surface area contributed by atoms with E-state index in [1.165, 1.54) is 0 Å². The van der Waals surface area contributed by atoms with E-state index in [1.54, 1.807) is 18.2 Å². The quantitative estimate of drug-likeness (QED) is 0.430. The number of halogens is 1. The monoisotopic (exact) mass is 231 g/mol. The molecular weight excluding hydrogens is 229 g/mol. The number of carbonyl (C=O) groups is 2. The zero-order valence-corrected chi connectivity index (χ0v) is 8.46. The van der Waals surface area contributed by atoms with Crippen LogP contribution in [-0.2, 0) is 0 Å². The van der Waals surface area contributed by atoms with E-state index in [1.807, 2.05) is 0 Å². The summed E-state index contributed by atoms with van der Waals surface area (Å²) in [5.74, 6) is -0.890. The van der Waals surface area contributed by atoms with Gasteiger partial charge in [0.2, 0.25) is 0 Å². The molecule has 0 aliphatic carbocycles. The minimum Gasteiger partial charge on any atom is -0.587 e. The van der Waals surface area contributed by atoms with Crippen molar-refractivity contribution >= 4 is 27.7 Å². The average molecular weight is 232 g/mol. The number of hydrogen-bond acceptors (Lipinski definition) is 2. The van der Waals surface area contributed by atoms with Gasteiger partial charge in [-0.05, 0) is 12.1 Å². The molecule has 1 aliphatic heterocycles. The first kappa shape index (κ1) is 10.5. The summed E-state index contributed by atoms with van der Waals surface area (Å²) in [6.07, 6.45) is 0. The van der Waals surface area contributed by atoms with Gasteiger partial charge in [0.15, 0.2) is 0 Å². The molecule has 1 aromatic carbocycles. The molecule has 0 saturated heterocycles. The summed E-state index contributed by atoms with van der Waals surface area (Å²) in [6.45, 7) is 0. The number of carbonyl (C=O) groups excluding carboxylic acids is 2. The number of rotatable bonds is 0. The second-order valence-corrected chi connectivity index (χ2v) is 3.33. The molecule has 0 spiro atoms. The standard InChI is InChI=1S/C8H4BrNO2.Li/c9-4-1-2-5-6(3-4)8(12)10-7(5)11;/h1-3H,(H,10,11,12);/q;+1/p-1. The van der Waals surface area contributed by atoms with Gasteiger partial charge in [-0.15, -0.1) is 0 Å². The second kappa shape index (κ2) is 3.67. The molecule has 1 aliphatic rings. The minimum atomic E-state index is -0.448. The van der Waals surface area contributed by atoms with Crippen molar-refractivity contribution in [3.8, 4) is 0 Å². The van der Waals surface area contributed by atoms with E-state index in [0.29, 0.717) is 11.1 Å². The number of benzene rings is 1. The Balaban J connectivity index is 0.000000845. The molecule has 0 saturated carbocycles. The zero-order valence-electron chi connectivity index (χ0n) is 6.87. The summed E-state index contributed by atoms with van der Waals surface area (Å²) in [6, 6.07) is 4.91. The van der Waals surface area contributed by atoms with Gasteiger partial charge in [-0.2, -0.15) is 0 Å². The van der Waals surface area contributed by atoms with Crippen LogP contribution in [0.2, 0.25) is 0 Å². The van der Waals surface area contributed by atoms with Gasteiger partial charge in [0.1, 0.15) is 0 Å². The molecule has 0 bridgehead atoms. The Labute approximate surface area is 95.2 Å². The molecule has 60 valence electrons. The van der Waals surface area contributed by atoms with Gasteiger partial charge in [0.25, 0.3) is 0 Å². The molecule has 0 aromatic heterocycles. The van der Waals surface area contributed by atoms with Crippen molar-refractivity contribution in [2.75, 3.05) is 0 Å². The Morgan fingerprint density at radius 1 is 1.08 bits per heavy atom. The van der Waals surface area contributed by atoms with Crippen LogP contribution in [-0.4, -0.2) is 11.8 Å². The van der Waals surface area contributed by atoms with Gasteiger partial charge >= 0.3 is 18.9 Å². The number of hydrogen-bond donors (Lipinski definition) is 0. The maximum Gasteiger partial charge on any atom is 1.00 e. The van der Waals surface area contributed by atoms with E-state index in [2.05, 4.69) is 21.2 Å². The SMILES string of the molecule is O=C1[N-]C(=O)c2cc(Br)ccc21.[Li+]. The Hall–Kier alpha value is -0.563. The van der Waals surface area contributed by atoms with Crippen LogP contribution in [0.3, 0.4) is 0 Å². The van der Waals surface area contributed by atoms with Gasteiger partial charge in [-0.25, -0.2) is 0 Å². The minimum absolute atomic E-state index is 0. The van der Waals surface area contributed by atoms with Gasteiger partial charge in [-0.1, -0.05) is 22.0 Å². The van der Waals surface area contributed by atoms with Crippen molar-refractivity contribution in [2.24, 2.45) is 0 Å². The summed E-state index contributed by atoms with van der Waals surface area (Å²) in [5.41, 5.74) is 0.776. The number of imide groups is 1. The molecule has 0 unspecified atom stereocenters. The van der Waals surface area contributed by atoms with Crippen molar-refractivity contribution < 1.29 is 28.4 Å². The normalized spacial score (nSPS) is 13.3. The van der Waals surface area contributed by atoms with Crippen LogP contribution in [0.5, 0.6) is 0 Å². The average Bonchev–Trinajstić information content (AvgIpc) is 2.28. The third kappa shape index (κ3) is 1.71. The van der Waals surface area contributed by atoms with E-state index in [-0.39, 0.29) is 18.9 Å². The molecule has 2 amide bonds. The Morgan fingerprint density at radius 3 is 2.38 bits per heavy atom. The zero-order chi connectivity index (χ0) is 8.72. The predicted molar refractivity (Wildman–Crippen MR) is 46.2 cm³/mol. The number of nitrogens with zero attached hydrogens (tertiary/aromatic N) is 1. The number of amides is 2. The van der Waals surface area contributed by atoms with E-state index in [4.69, 9.17) is 0 Å². The first-order valence-electron chi connectivity index (χ1n) is 3.28. The van der Waals surface area contributed by atoms with Gasteiger partial charge < -0.3 is 14.9 Å². The molecule has 13 heavy (non-hydrogen) atoms. The third-order valence-electron chi connectivity index (χ3n) is 1.65. The fraction of sp³-hybridized carbons (Fsp3) is 0. The Bertz CT molecular complexity index is 392. The molecule has 3 nitrogen and oxygen atoms in total. The smallest absolute Gasteiger partial charge is 0.587 e. The van der Waals surface area contributed by atoms with E-state index < -0.39 is 11.8 Å². The van der Waals surface area contributed by atoms with Crippen molar-refractivity contribution in [1.82, 2.24) is 0 Å². The largest absolute Gasteiger partial charge is 1.00 e. The summed E-state index contributed by atoms with van der Waals surface area (Å²) in [5, 5.41) is 3.30. The van der Waals surface area contributed by atoms with E-state index in [9.17, 15) is 9.59 Å². The molecule has 5 heteroatoms. The van der Waals surface area contributed by atoms with Crippen LogP contribution < -0.4 is 18.9 Å². The van der Waals surface area contributed by atoms with Crippen LogP contribution in [0.1, 0.15) is 20.7 Å². The maximum atomic E-state index is 11.0. The van der Waals surface area contributed by atoms with Crippen molar-refractivity contribution in [2.45, 2.75) is 0 Å². The maximum absolute atomic E-state index is 11.0. The molecule has 0 radical (unpaired) electrons. The third-order valence-corrected chi connectivity index (χ3v) is 2.14. The van der Waals surface area contributed by atoms with Gasteiger partial charge in [0, 0.05) is 15.6 Å². The van der Waals surface area contributed by atoms with Gasteiger partial charge in [0.05, 0.1) is 11.8 Å². The molecule has 0 fully saturated rings. The van der Waals surface area contributed by atoms with Crippen LogP contribution in [0.4, 0.5) is 0 Å². The van der Waals surface area contributed by atoms with Gasteiger partial charge in [-0.3, -0.25) is 0 Å². The second-order valence-electron chi connectivity index (χ2n) is 2.41. The molecule has 0 atom stereocenters. The Morgan fingerprint density at radius 2 is 1.69 bits per heavy atom. The van der Waals surface area contributed by atoms with Crippen LogP contribution in [0.25, 0.3) is 5.32 Å². The van der Waals surface area contributed by atoms with Crippen LogP contribution >= 0.6 is 15.9 Å². The number of fused-ring (bicyclic) bond motifs is 1. The van der Waals surface area contributed by atoms with Crippen LogP contribution in [0, 0.1) is 0 Å². The fourth-order valence-electron chi connectivity index (χ4n) is 1.09. The van der Waals surface area contributed by atoms with E-state index >= 15 is 0 Å². The molecule has 2 rings (SSSR count). The van der Waals surface area contributed by atoms with Crippen molar-refractivity contribution in [3.63, 3.8) is 0 Å². The summed E-state index contributed by atoms with van der Waals surface area (Å²) in [7, 11) is 0. The summed E-state index contributed by atoms with van der Waals surface area (Å²) < 4.78 is 0.777. The molecule has 1 heterocycles. The van der Waals surface area contributed by atoms with Crippen LogP contribution in [0.15, 0.2) is 22.7 Å². The molecule has 1 aromatic rings. The Kier molecular flexibility index (Phi) is 2.97.